The van der Waals surface area contributed by atoms with E-state index in [1.807, 2.05) is 74.5 Å². The first-order valence-corrected chi connectivity index (χ1v) is 12.5. The zero-order valence-electron chi connectivity index (χ0n) is 21.0. The van der Waals surface area contributed by atoms with Crippen molar-refractivity contribution in [3.8, 4) is 0 Å². The Morgan fingerprint density at radius 2 is 1.36 bits per heavy atom. The summed E-state index contributed by atoms with van der Waals surface area (Å²) in [5.74, 6) is -0.388. The zero-order chi connectivity index (χ0) is 25.5. The van der Waals surface area contributed by atoms with Crippen LogP contribution >= 0.6 is 0 Å². The van der Waals surface area contributed by atoms with E-state index < -0.39 is 49.2 Å². The van der Waals surface area contributed by atoms with Crippen LogP contribution < -0.4 is 0 Å². The molecular formula is C28H36O8. The summed E-state index contributed by atoms with van der Waals surface area (Å²) in [4.78, 5) is 11.8. The molecule has 2 aromatic rings. The van der Waals surface area contributed by atoms with Gasteiger partial charge in [0.2, 0.25) is 0 Å². The predicted octanol–water partition coefficient (Wildman–Crippen LogP) is 3.74. The highest BCUT2D eigenvalue weighted by atomic mass is 16.7. The number of rotatable bonds is 9. The number of aliphatic hydroxyl groups excluding tert-OH is 1. The third-order valence-electron chi connectivity index (χ3n) is 6.48. The van der Waals surface area contributed by atoms with Crippen molar-refractivity contribution in [1.29, 1.82) is 0 Å². The average Bonchev–Trinajstić information content (AvgIpc) is 2.86. The minimum Gasteiger partial charge on any atom is -0.457 e. The molecule has 2 saturated heterocycles. The fourth-order valence-corrected chi connectivity index (χ4v) is 4.72. The van der Waals surface area contributed by atoms with Gasteiger partial charge in [-0.3, -0.25) is 4.79 Å². The number of esters is 1. The lowest BCUT2D eigenvalue weighted by atomic mass is 9.99. The van der Waals surface area contributed by atoms with Gasteiger partial charge in [-0.15, -0.1) is 0 Å². The van der Waals surface area contributed by atoms with Crippen molar-refractivity contribution in [3.05, 3.63) is 71.8 Å². The molecule has 4 rings (SSSR count). The summed E-state index contributed by atoms with van der Waals surface area (Å²) in [7, 11) is 0. The van der Waals surface area contributed by atoms with Gasteiger partial charge < -0.3 is 33.5 Å². The van der Waals surface area contributed by atoms with Crippen molar-refractivity contribution in [2.45, 2.75) is 96.0 Å². The molecule has 0 unspecified atom stereocenters. The lowest BCUT2D eigenvalue weighted by Crippen LogP contribution is -2.55. The van der Waals surface area contributed by atoms with Crippen LogP contribution in [-0.2, 0) is 46.4 Å². The van der Waals surface area contributed by atoms with E-state index in [-0.39, 0.29) is 12.4 Å². The fraction of sp³-hybridized carbons (Fsp3) is 0.536. The number of ether oxygens (including phenoxy) is 6. The Morgan fingerprint density at radius 3 is 1.92 bits per heavy atom. The number of hydrogen-bond donors (Lipinski definition) is 1. The lowest BCUT2D eigenvalue weighted by Gasteiger charge is -2.44. The lowest BCUT2D eigenvalue weighted by molar-refractivity contribution is -0.315. The van der Waals surface area contributed by atoms with Gasteiger partial charge in [-0.1, -0.05) is 60.7 Å². The minimum absolute atomic E-state index is 0.286. The van der Waals surface area contributed by atoms with Crippen molar-refractivity contribution in [2.75, 3.05) is 0 Å². The molecule has 2 fully saturated rings. The molecule has 8 atom stereocenters. The molecule has 0 bridgehead atoms. The Kier molecular flexibility index (Phi) is 9.47. The normalized spacial score (nSPS) is 32.7. The quantitative estimate of drug-likeness (QED) is 0.521. The highest BCUT2D eigenvalue weighted by Crippen LogP contribution is 2.32. The van der Waals surface area contributed by atoms with Crippen LogP contribution in [0.15, 0.2) is 60.7 Å². The molecule has 36 heavy (non-hydrogen) atoms. The predicted molar refractivity (Wildman–Crippen MR) is 131 cm³/mol. The monoisotopic (exact) mass is 500 g/mol. The molecule has 0 spiro atoms. The second-order valence-corrected chi connectivity index (χ2v) is 9.38. The van der Waals surface area contributed by atoms with Gasteiger partial charge >= 0.3 is 5.97 Å². The van der Waals surface area contributed by atoms with Crippen LogP contribution in [0.5, 0.6) is 0 Å². The van der Waals surface area contributed by atoms with Gasteiger partial charge in [-0.05, 0) is 25.0 Å². The van der Waals surface area contributed by atoms with Crippen LogP contribution in [-0.4, -0.2) is 60.3 Å². The molecule has 0 saturated carbocycles. The van der Waals surface area contributed by atoms with Gasteiger partial charge in [0, 0.05) is 19.8 Å². The van der Waals surface area contributed by atoms with E-state index in [9.17, 15) is 9.90 Å². The Hall–Kier alpha value is -2.33. The second-order valence-electron chi connectivity index (χ2n) is 9.38. The van der Waals surface area contributed by atoms with E-state index in [1.165, 1.54) is 6.92 Å². The van der Waals surface area contributed by atoms with Crippen LogP contribution in [0.25, 0.3) is 0 Å². The first-order chi connectivity index (χ1) is 17.4. The summed E-state index contributed by atoms with van der Waals surface area (Å²) < 4.78 is 36.1. The van der Waals surface area contributed by atoms with Crippen LogP contribution in [0.2, 0.25) is 0 Å². The summed E-state index contributed by atoms with van der Waals surface area (Å²) in [5, 5.41) is 10.2. The third kappa shape index (κ3) is 7.35. The summed E-state index contributed by atoms with van der Waals surface area (Å²) in [6.45, 7) is 5.84. The first kappa shape index (κ1) is 26.7. The van der Waals surface area contributed by atoms with Gasteiger partial charge in [0.25, 0.3) is 0 Å². The van der Waals surface area contributed by atoms with Crippen LogP contribution in [0.3, 0.4) is 0 Å². The van der Waals surface area contributed by atoms with Crippen molar-refractivity contribution < 1.29 is 38.3 Å². The highest BCUT2D eigenvalue weighted by molar-refractivity contribution is 5.66. The summed E-state index contributed by atoms with van der Waals surface area (Å²) in [6.07, 6.45) is -3.59. The Balaban J connectivity index is 1.43. The maximum atomic E-state index is 11.8. The Labute approximate surface area is 212 Å². The molecule has 0 radical (unpaired) electrons. The van der Waals surface area contributed by atoms with E-state index in [4.69, 9.17) is 28.4 Å². The van der Waals surface area contributed by atoms with Crippen LogP contribution in [0.4, 0.5) is 0 Å². The number of aliphatic hydroxyl groups is 1. The van der Waals surface area contributed by atoms with E-state index >= 15 is 0 Å². The Morgan fingerprint density at radius 1 is 0.833 bits per heavy atom. The summed E-state index contributed by atoms with van der Waals surface area (Å²) in [5.41, 5.74) is 2.05. The maximum Gasteiger partial charge on any atom is 0.303 e. The molecule has 2 aliphatic heterocycles. The summed E-state index contributed by atoms with van der Waals surface area (Å²) in [6, 6.07) is 19.7. The van der Waals surface area contributed by atoms with Gasteiger partial charge in [0.1, 0.15) is 12.2 Å². The van der Waals surface area contributed by atoms with Gasteiger partial charge in [0.05, 0.1) is 31.5 Å². The van der Waals surface area contributed by atoms with Crippen molar-refractivity contribution in [3.63, 3.8) is 0 Å². The molecule has 8 nitrogen and oxygen atoms in total. The van der Waals surface area contributed by atoms with E-state index in [1.54, 1.807) is 0 Å². The molecule has 0 aliphatic carbocycles. The standard InChI is InChI=1S/C28H36O8/c1-18-28(23(14-25(30)33-18)31-16-21-10-6-4-7-11-21)36-26-15-24(27(19(2)34-26)35-20(3)29)32-17-22-12-8-5-9-13-22/h4-13,18-19,23-28,30H,14-17H2,1-3H3/t18-,19-,23-,24-,25+,26-,27-,28-/m1/s1. The third-order valence-corrected chi connectivity index (χ3v) is 6.48. The van der Waals surface area contributed by atoms with Crippen molar-refractivity contribution in [1.82, 2.24) is 0 Å². The van der Waals surface area contributed by atoms with E-state index in [0.717, 1.165) is 11.1 Å². The highest BCUT2D eigenvalue weighted by Gasteiger charge is 2.44. The van der Waals surface area contributed by atoms with Crippen molar-refractivity contribution in [2.24, 2.45) is 0 Å². The molecule has 0 aromatic heterocycles. The van der Waals surface area contributed by atoms with Crippen LogP contribution in [0.1, 0.15) is 44.7 Å². The second kappa shape index (κ2) is 12.8. The van der Waals surface area contributed by atoms with Gasteiger partial charge in [-0.2, -0.15) is 0 Å². The molecule has 8 heteroatoms. The average molecular weight is 501 g/mol. The molecule has 2 heterocycles. The van der Waals surface area contributed by atoms with E-state index in [2.05, 4.69) is 0 Å². The largest absolute Gasteiger partial charge is 0.457 e. The number of hydrogen-bond acceptors (Lipinski definition) is 8. The number of carbonyl (C=O) groups is 1. The smallest absolute Gasteiger partial charge is 0.303 e. The molecule has 2 aromatic carbocycles. The maximum absolute atomic E-state index is 11.8. The van der Waals surface area contributed by atoms with Gasteiger partial charge in [0.15, 0.2) is 18.7 Å². The molecule has 196 valence electrons. The SMILES string of the molecule is CC(=O)O[C@@H]1[C@@H](C)O[C@H](O[C@@H]2[C@@H](C)O[C@H](O)C[C@H]2OCc2ccccc2)C[C@H]1OCc1ccccc1. The molecule has 0 amide bonds. The molecule has 2 aliphatic rings. The number of carbonyl (C=O) groups excluding carboxylic acids is 1. The van der Waals surface area contributed by atoms with Crippen molar-refractivity contribution >= 4 is 5.97 Å². The van der Waals surface area contributed by atoms with Crippen LogP contribution in [0, 0.1) is 0 Å². The zero-order valence-corrected chi connectivity index (χ0v) is 21.0. The summed E-state index contributed by atoms with van der Waals surface area (Å²) >= 11 is 0. The topological polar surface area (TPSA) is 92.7 Å². The van der Waals surface area contributed by atoms with E-state index in [0.29, 0.717) is 19.6 Å². The molecule has 1 N–H and O–H groups in total. The molecular weight excluding hydrogens is 464 g/mol. The minimum atomic E-state index is -0.929. The van der Waals surface area contributed by atoms with Gasteiger partial charge in [-0.25, -0.2) is 0 Å². The fourth-order valence-electron chi connectivity index (χ4n) is 4.72. The first-order valence-electron chi connectivity index (χ1n) is 12.5. The number of benzene rings is 2. The Bertz CT molecular complexity index is 939.